The Morgan fingerprint density at radius 2 is 2.06 bits per heavy atom. The Labute approximate surface area is 96.6 Å². The van der Waals surface area contributed by atoms with Crippen LogP contribution in [-0.4, -0.2) is 24.3 Å². The molecule has 0 N–H and O–H groups in total. The molecular weight excluding hydrogens is 198 g/mol. The average Bonchev–Trinajstić information content (AvgIpc) is 2.80. The van der Waals surface area contributed by atoms with Gasteiger partial charge in [0, 0.05) is 6.54 Å². The molecule has 16 heavy (non-hydrogen) atoms. The summed E-state index contributed by atoms with van der Waals surface area (Å²) in [5, 5.41) is 0. The molecule has 1 heterocycles. The maximum absolute atomic E-state index is 10.2. The van der Waals surface area contributed by atoms with Crippen molar-refractivity contribution in [3.8, 4) is 0 Å². The molecule has 0 radical (unpaired) electrons. The van der Waals surface area contributed by atoms with Crippen LogP contribution >= 0.6 is 0 Å². The molecule has 0 aliphatic carbocycles. The molecule has 1 fully saturated rings. The van der Waals surface area contributed by atoms with Crippen LogP contribution in [0.25, 0.3) is 6.08 Å². The molecule has 2 nitrogen and oxygen atoms in total. The molecule has 0 bridgehead atoms. The molecule has 2 rings (SSSR count). The van der Waals surface area contributed by atoms with E-state index in [2.05, 4.69) is 23.1 Å². The molecule has 2 heteroatoms. The minimum atomic E-state index is 0.813. The zero-order valence-corrected chi connectivity index (χ0v) is 9.43. The highest BCUT2D eigenvalue weighted by Crippen LogP contribution is 2.14. The predicted molar refractivity (Wildman–Crippen MR) is 66.1 cm³/mol. The molecule has 1 aliphatic heterocycles. The van der Waals surface area contributed by atoms with Crippen molar-refractivity contribution >= 4 is 12.4 Å². The third-order valence-corrected chi connectivity index (χ3v) is 2.92. The summed E-state index contributed by atoms with van der Waals surface area (Å²) in [4.78, 5) is 12.7. The van der Waals surface area contributed by atoms with E-state index in [1.54, 1.807) is 0 Å². The van der Waals surface area contributed by atoms with E-state index < -0.39 is 0 Å². The number of hydrogen-bond donors (Lipinski definition) is 0. The summed E-state index contributed by atoms with van der Waals surface area (Å²) in [5.41, 5.74) is 2.43. The van der Waals surface area contributed by atoms with Crippen molar-refractivity contribution < 1.29 is 4.79 Å². The lowest BCUT2D eigenvalue weighted by Crippen LogP contribution is -2.18. The second-order valence-electron chi connectivity index (χ2n) is 4.22. The van der Waals surface area contributed by atoms with Gasteiger partial charge in [-0.2, -0.15) is 0 Å². The summed E-state index contributed by atoms with van der Waals surface area (Å²) in [7, 11) is 0. The summed E-state index contributed by atoms with van der Waals surface area (Å²) in [5.74, 6) is 0. The summed E-state index contributed by atoms with van der Waals surface area (Å²) in [6.45, 7) is 3.46. The minimum Gasteiger partial charge on any atom is -0.299 e. The molecule has 0 aromatic heterocycles. The number of likely N-dealkylation sites (tertiary alicyclic amines) is 1. The van der Waals surface area contributed by atoms with Gasteiger partial charge >= 0.3 is 0 Å². The standard InChI is InChI=1S/C14H17NO/c16-10-4-7-13-5-3-6-14(11-13)12-15-8-1-2-9-15/h3-7,10-11H,1-2,8-9,12H2. The van der Waals surface area contributed by atoms with Crippen LogP contribution in [-0.2, 0) is 11.3 Å². The Bertz CT molecular complexity index is 378. The van der Waals surface area contributed by atoms with Crippen molar-refractivity contribution in [1.82, 2.24) is 4.90 Å². The van der Waals surface area contributed by atoms with Crippen LogP contribution in [0.1, 0.15) is 24.0 Å². The van der Waals surface area contributed by atoms with Gasteiger partial charge in [0.15, 0.2) is 0 Å². The van der Waals surface area contributed by atoms with Gasteiger partial charge in [-0.05, 0) is 43.1 Å². The van der Waals surface area contributed by atoms with Crippen molar-refractivity contribution in [3.05, 3.63) is 41.5 Å². The Hall–Kier alpha value is -1.41. The van der Waals surface area contributed by atoms with Crippen molar-refractivity contribution in [3.63, 3.8) is 0 Å². The highest BCUT2D eigenvalue weighted by Gasteiger charge is 2.11. The number of allylic oxidation sites excluding steroid dienone is 1. The fraction of sp³-hybridized carbons (Fsp3) is 0.357. The van der Waals surface area contributed by atoms with Gasteiger partial charge in [-0.3, -0.25) is 9.69 Å². The summed E-state index contributed by atoms with van der Waals surface area (Å²) in [6, 6.07) is 8.37. The van der Waals surface area contributed by atoms with Gasteiger partial charge in [0.1, 0.15) is 6.29 Å². The van der Waals surface area contributed by atoms with Gasteiger partial charge < -0.3 is 0 Å². The number of aldehydes is 1. The largest absolute Gasteiger partial charge is 0.299 e. The molecule has 1 aromatic carbocycles. The van der Waals surface area contributed by atoms with E-state index in [1.807, 2.05) is 12.1 Å². The van der Waals surface area contributed by atoms with Crippen LogP contribution in [0.5, 0.6) is 0 Å². The minimum absolute atomic E-state index is 0.813. The van der Waals surface area contributed by atoms with Crippen LogP contribution in [0.4, 0.5) is 0 Å². The van der Waals surface area contributed by atoms with Gasteiger partial charge in [-0.1, -0.05) is 30.3 Å². The van der Waals surface area contributed by atoms with E-state index >= 15 is 0 Å². The molecule has 1 saturated heterocycles. The number of hydrogen-bond acceptors (Lipinski definition) is 2. The van der Waals surface area contributed by atoms with Gasteiger partial charge in [0.25, 0.3) is 0 Å². The van der Waals surface area contributed by atoms with Crippen LogP contribution in [0.2, 0.25) is 0 Å². The molecule has 84 valence electrons. The van der Waals surface area contributed by atoms with E-state index in [9.17, 15) is 4.79 Å². The zero-order chi connectivity index (χ0) is 11.2. The molecule has 0 unspecified atom stereocenters. The maximum atomic E-state index is 10.2. The van der Waals surface area contributed by atoms with Crippen LogP contribution in [0.3, 0.4) is 0 Å². The van der Waals surface area contributed by atoms with Crippen LogP contribution in [0, 0.1) is 0 Å². The third kappa shape index (κ3) is 3.04. The first-order valence-electron chi connectivity index (χ1n) is 5.81. The molecule has 0 atom stereocenters. The van der Waals surface area contributed by atoms with E-state index in [-0.39, 0.29) is 0 Å². The van der Waals surface area contributed by atoms with E-state index in [0.29, 0.717) is 0 Å². The zero-order valence-electron chi connectivity index (χ0n) is 9.43. The second kappa shape index (κ2) is 5.61. The fourth-order valence-corrected chi connectivity index (χ4v) is 2.14. The normalized spacial score (nSPS) is 17.0. The number of benzene rings is 1. The van der Waals surface area contributed by atoms with E-state index in [0.717, 1.165) is 18.4 Å². The summed E-state index contributed by atoms with van der Waals surface area (Å²) >= 11 is 0. The second-order valence-corrected chi connectivity index (χ2v) is 4.22. The topological polar surface area (TPSA) is 20.3 Å². The lowest BCUT2D eigenvalue weighted by molar-refractivity contribution is -0.104. The quantitative estimate of drug-likeness (QED) is 0.568. The Balaban J connectivity index is 2.03. The maximum Gasteiger partial charge on any atom is 0.142 e. The van der Waals surface area contributed by atoms with Crippen molar-refractivity contribution in [2.75, 3.05) is 13.1 Å². The third-order valence-electron chi connectivity index (χ3n) is 2.92. The molecule has 1 aliphatic rings. The summed E-state index contributed by atoms with van der Waals surface area (Å²) < 4.78 is 0. The van der Waals surface area contributed by atoms with Crippen LogP contribution < -0.4 is 0 Å². The first-order chi connectivity index (χ1) is 7.88. The monoisotopic (exact) mass is 215 g/mol. The van der Waals surface area contributed by atoms with E-state index in [1.165, 1.54) is 37.6 Å². The van der Waals surface area contributed by atoms with E-state index in [4.69, 9.17) is 0 Å². The SMILES string of the molecule is O=CC=Cc1cccc(CN2CCCC2)c1. The first kappa shape index (κ1) is 11.1. The molecule has 1 aromatic rings. The number of nitrogens with zero attached hydrogens (tertiary/aromatic N) is 1. The van der Waals surface area contributed by atoms with Gasteiger partial charge in [-0.25, -0.2) is 0 Å². The van der Waals surface area contributed by atoms with Gasteiger partial charge in [-0.15, -0.1) is 0 Å². The van der Waals surface area contributed by atoms with Crippen molar-refractivity contribution in [2.45, 2.75) is 19.4 Å². The molecule has 0 spiro atoms. The summed E-state index contributed by atoms with van der Waals surface area (Å²) in [6.07, 6.45) is 6.85. The van der Waals surface area contributed by atoms with Crippen LogP contribution in [0.15, 0.2) is 30.3 Å². The molecular formula is C14H17NO. The number of carbonyl (C=O) groups excluding carboxylic acids is 1. The van der Waals surface area contributed by atoms with Gasteiger partial charge in [0.05, 0.1) is 0 Å². The highest BCUT2D eigenvalue weighted by molar-refractivity contribution is 5.73. The predicted octanol–water partition coefficient (Wildman–Crippen LogP) is 2.49. The Morgan fingerprint density at radius 3 is 2.81 bits per heavy atom. The Morgan fingerprint density at radius 1 is 1.25 bits per heavy atom. The molecule has 0 amide bonds. The number of carbonyl (C=O) groups is 1. The highest BCUT2D eigenvalue weighted by atomic mass is 16.1. The van der Waals surface area contributed by atoms with Crippen molar-refractivity contribution in [1.29, 1.82) is 0 Å². The Kier molecular flexibility index (Phi) is 3.89. The smallest absolute Gasteiger partial charge is 0.142 e. The lowest BCUT2D eigenvalue weighted by atomic mass is 10.1. The first-order valence-corrected chi connectivity index (χ1v) is 5.81. The van der Waals surface area contributed by atoms with Crippen molar-refractivity contribution in [2.24, 2.45) is 0 Å². The lowest BCUT2D eigenvalue weighted by Gasteiger charge is -2.14. The molecule has 0 saturated carbocycles. The van der Waals surface area contributed by atoms with Gasteiger partial charge in [0.2, 0.25) is 0 Å². The fourth-order valence-electron chi connectivity index (χ4n) is 2.14. The average molecular weight is 215 g/mol. The number of rotatable bonds is 4.